The standard InChI is InChI=1S/C24H20N4O3/c1-15-7-9-18(10-8-15)23-27-28-24(31-23)19-13-11-17(12-14-19)22(30)26-20(21(25)29)16-5-3-2-4-6-16/h2-14,20H,1H3,(H2,25,29)(H,26,30). The molecule has 3 aromatic carbocycles. The predicted molar refractivity (Wildman–Crippen MR) is 116 cm³/mol. The topological polar surface area (TPSA) is 111 Å². The van der Waals surface area contributed by atoms with Crippen LogP contribution < -0.4 is 11.1 Å². The second-order valence-corrected chi connectivity index (χ2v) is 7.08. The molecule has 154 valence electrons. The van der Waals surface area contributed by atoms with E-state index in [-0.39, 0.29) is 0 Å². The lowest BCUT2D eigenvalue weighted by molar-refractivity contribution is -0.120. The molecule has 7 heteroatoms. The van der Waals surface area contributed by atoms with E-state index in [1.54, 1.807) is 48.5 Å². The molecule has 0 saturated heterocycles. The zero-order chi connectivity index (χ0) is 21.8. The lowest BCUT2D eigenvalue weighted by Gasteiger charge is -2.16. The molecule has 4 aromatic rings. The van der Waals surface area contributed by atoms with E-state index in [1.165, 1.54) is 0 Å². The second-order valence-electron chi connectivity index (χ2n) is 7.08. The van der Waals surface area contributed by atoms with E-state index >= 15 is 0 Å². The molecule has 7 nitrogen and oxygen atoms in total. The fourth-order valence-corrected chi connectivity index (χ4v) is 3.10. The summed E-state index contributed by atoms with van der Waals surface area (Å²) in [6, 6.07) is 22.4. The number of carbonyl (C=O) groups is 2. The Kier molecular flexibility index (Phi) is 5.57. The van der Waals surface area contributed by atoms with Gasteiger partial charge in [-0.2, -0.15) is 0 Å². The Bertz CT molecular complexity index is 1200. The number of carbonyl (C=O) groups excluding carboxylic acids is 2. The first-order chi connectivity index (χ1) is 15.0. The van der Waals surface area contributed by atoms with Crippen LogP contribution in [0.3, 0.4) is 0 Å². The first kappa shape index (κ1) is 20.0. The van der Waals surface area contributed by atoms with Crippen molar-refractivity contribution in [3.63, 3.8) is 0 Å². The summed E-state index contributed by atoms with van der Waals surface area (Å²) in [5.74, 6) is -0.276. The maximum absolute atomic E-state index is 12.6. The van der Waals surface area contributed by atoms with Gasteiger partial charge in [0.2, 0.25) is 17.7 Å². The normalized spacial score (nSPS) is 11.6. The Labute approximate surface area is 178 Å². The van der Waals surface area contributed by atoms with Crippen molar-refractivity contribution in [3.8, 4) is 22.9 Å². The Morgan fingerprint density at radius 3 is 1.94 bits per heavy atom. The molecule has 2 amide bonds. The van der Waals surface area contributed by atoms with E-state index in [0.29, 0.717) is 28.5 Å². The summed E-state index contributed by atoms with van der Waals surface area (Å²) in [5, 5.41) is 10.9. The maximum Gasteiger partial charge on any atom is 0.252 e. The van der Waals surface area contributed by atoms with Crippen molar-refractivity contribution >= 4 is 11.8 Å². The van der Waals surface area contributed by atoms with Gasteiger partial charge < -0.3 is 15.5 Å². The molecule has 0 aliphatic carbocycles. The third-order valence-corrected chi connectivity index (χ3v) is 4.81. The summed E-state index contributed by atoms with van der Waals surface area (Å²) in [7, 11) is 0. The van der Waals surface area contributed by atoms with Gasteiger partial charge in [-0.15, -0.1) is 10.2 Å². The van der Waals surface area contributed by atoms with Gasteiger partial charge in [0.15, 0.2) is 0 Å². The Morgan fingerprint density at radius 1 is 0.839 bits per heavy atom. The van der Waals surface area contributed by atoms with E-state index < -0.39 is 17.9 Å². The molecule has 1 unspecified atom stereocenters. The molecular formula is C24H20N4O3. The highest BCUT2D eigenvalue weighted by atomic mass is 16.4. The highest BCUT2D eigenvalue weighted by molar-refractivity contribution is 5.97. The molecular weight excluding hydrogens is 392 g/mol. The highest BCUT2D eigenvalue weighted by Gasteiger charge is 2.21. The molecule has 3 N–H and O–H groups in total. The van der Waals surface area contributed by atoms with Gasteiger partial charge in [0, 0.05) is 16.7 Å². The highest BCUT2D eigenvalue weighted by Crippen LogP contribution is 2.24. The summed E-state index contributed by atoms with van der Waals surface area (Å²) in [5.41, 5.74) is 9.12. The summed E-state index contributed by atoms with van der Waals surface area (Å²) in [4.78, 5) is 24.5. The number of primary amides is 1. The van der Waals surface area contributed by atoms with Crippen LogP contribution in [0.5, 0.6) is 0 Å². The molecule has 1 aromatic heterocycles. The number of amides is 2. The molecule has 0 saturated carbocycles. The molecule has 0 radical (unpaired) electrons. The summed E-state index contributed by atoms with van der Waals surface area (Å²) >= 11 is 0. The number of aromatic nitrogens is 2. The van der Waals surface area contributed by atoms with Crippen LogP contribution in [0.4, 0.5) is 0 Å². The van der Waals surface area contributed by atoms with Gasteiger partial charge in [0.1, 0.15) is 6.04 Å². The molecule has 31 heavy (non-hydrogen) atoms. The minimum absolute atomic E-state index is 0.349. The molecule has 0 aliphatic rings. The number of hydrogen-bond acceptors (Lipinski definition) is 5. The lowest BCUT2D eigenvalue weighted by Crippen LogP contribution is -2.37. The fourth-order valence-electron chi connectivity index (χ4n) is 3.10. The predicted octanol–water partition coefficient (Wildman–Crippen LogP) is 3.67. The van der Waals surface area contributed by atoms with Crippen LogP contribution >= 0.6 is 0 Å². The van der Waals surface area contributed by atoms with Crippen molar-refractivity contribution in [2.75, 3.05) is 0 Å². The SMILES string of the molecule is Cc1ccc(-c2nnc(-c3ccc(C(=O)NC(C(N)=O)c4ccccc4)cc3)o2)cc1. The molecule has 4 rings (SSSR count). The van der Waals surface area contributed by atoms with Crippen LogP contribution in [0, 0.1) is 6.92 Å². The molecule has 0 bridgehead atoms. The first-order valence-corrected chi connectivity index (χ1v) is 9.67. The van der Waals surface area contributed by atoms with Crippen LogP contribution in [-0.2, 0) is 4.79 Å². The number of nitrogens with one attached hydrogen (secondary N) is 1. The van der Waals surface area contributed by atoms with Crippen molar-refractivity contribution in [2.45, 2.75) is 13.0 Å². The molecule has 1 atom stereocenters. The van der Waals surface area contributed by atoms with Gasteiger partial charge in [-0.25, -0.2) is 0 Å². The van der Waals surface area contributed by atoms with Gasteiger partial charge >= 0.3 is 0 Å². The maximum atomic E-state index is 12.6. The Morgan fingerprint density at radius 2 is 1.39 bits per heavy atom. The zero-order valence-corrected chi connectivity index (χ0v) is 16.8. The minimum atomic E-state index is -0.915. The molecule has 0 fully saturated rings. The van der Waals surface area contributed by atoms with Gasteiger partial charge in [-0.05, 0) is 48.9 Å². The van der Waals surface area contributed by atoms with Crippen LogP contribution in [0.1, 0.15) is 27.5 Å². The summed E-state index contributed by atoms with van der Waals surface area (Å²) in [6.07, 6.45) is 0. The lowest BCUT2D eigenvalue weighted by atomic mass is 10.1. The second kappa shape index (κ2) is 8.62. The van der Waals surface area contributed by atoms with Crippen LogP contribution in [0.25, 0.3) is 22.9 Å². The fraction of sp³-hybridized carbons (Fsp3) is 0.0833. The van der Waals surface area contributed by atoms with Crippen molar-refractivity contribution < 1.29 is 14.0 Å². The summed E-state index contributed by atoms with van der Waals surface area (Å²) < 4.78 is 5.77. The minimum Gasteiger partial charge on any atom is -0.416 e. The third-order valence-electron chi connectivity index (χ3n) is 4.81. The quantitative estimate of drug-likeness (QED) is 0.502. The Balaban J connectivity index is 1.50. The van der Waals surface area contributed by atoms with Crippen LogP contribution in [0.2, 0.25) is 0 Å². The van der Waals surface area contributed by atoms with E-state index in [9.17, 15) is 9.59 Å². The van der Waals surface area contributed by atoms with Gasteiger partial charge in [-0.3, -0.25) is 9.59 Å². The number of hydrogen-bond donors (Lipinski definition) is 2. The Hall–Kier alpha value is -4.26. The third kappa shape index (κ3) is 4.51. The van der Waals surface area contributed by atoms with Crippen molar-refractivity contribution in [3.05, 3.63) is 95.6 Å². The van der Waals surface area contributed by atoms with Gasteiger partial charge in [0.05, 0.1) is 0 Å². The number of nitrogens with zero attached hydrogens (tertiary/aromatic N) is 2. The van der Waals surface area contributed by atoms with Crippen molar-refractivity contribution in [1.29, 1.82) is 0 Å². The summed E-state index contributed by atoms with van der Waals surface area (Å²) in [6.45, 7) is 2.01. The van der Waals surface area contributed by atoms with Crippen molar-refractivity contribution in [2.24, 2.45) is 5.73 Å². The number of benzene rings is 3. The largest absolute Gasteiger partial charge is 0.416 e. The van der Waals surface area contributed by atoms with E-state index in [0.717, 1.165) is 11.1 Å². The number of aryl methyl sites for hydroxylation is 1. The zero-order valence-electron chi connectivity index (χ0n) is 16.8. The first-order valence-electron chi connectivity index (χ1n) is 9.67. The van der Waals surface area contributed by atoms with E-state index in [4.69, 9.17) is 10.2 Å². The van der Waals surface area contributed by atoms with Gasteiger partial charge in [-0.1, -0.05) is 48.0 Å². The van der Waals surface area contributed by atoms with E-state index in [1.807, 2.05) is 37.3 Å². The van der Waals surface area contributed by atoms with Crippen molar-refractivity contribution in [1.82, 2.24) is 15.5 Å². The van der Waals surface area contributed by atoms with Crippen LogP contribution in [0.15, 0.2) is 83.3 Å². The van der Waals surface area contributed by atoms with Gasteiger partial charge in [0.25, 0.3) is 5.91 Å². The molecule has 0 aliphatic heterocycles. The average molecular weight is 412 g/mol. The number of nitrogens with two attached hydrogens (primary N) is 1. The van der Waals surface area contributed by atoms with E-state index in [2.05, 4.69) is 15.5 Å². The smallest absolute Gasteiger partial charge is 0.252 e. The monoisotopic (exact) mass is 412 g/mol. The average Bonchev–Trinajstić information content (AvgIpc) is 3.28. The number of rotatable bonds is 6. The van der Waals surface area contributed by atoms with Crippen LogP contribution in [-0.4, -0.2) is 22.0 Å². The molecule has 0 spiro atoms. The molecule has 1 heterocycles.